The minimum atomic E-state index is -0.0245. The van der Waals surface area contributed by atoms with Crippen LogP contribution in [-0.4, -0.2) is 45.1 Å². The molecule has 0 aliphatic carbocycles. The molecule has 1 saturated heterocycles. The summed E-state index contributed by atoms with van der Waals surface area (Å²) in [4.78, 5) is 22.3. The van der Waals surface area contributed by atoms with Gasteiger partial charge in [0.05, 0.1) is 6.54 Å². The number of likely N-dealkylation sites (tertiary alicyclic amines) is 1. The Morgan fingerprint density at radius 1 is 1.19 bits per heavy atom. The maximum Gasteiger partial charge on any atom is 0.254 e. The van der Waals surface area contributed by atoms with Gasteiger partial charge in [0.1, 0.15) is 11.9 Å². The van der Waals surface area contributed by atoms with Crippen molar-refractivity contribution in [3.63, 3.8) is 0 Å². The third-order valence-corrected chi connectivity index (χ3v) is 5.58. The lowest BCUT2D eigenvalue weighted by molar-refractivity contribution is 0.0772. The smallest absolute Gasteiger partial charge is 0.254 e. The molecule has 1 fully saturated rings. The van der Waals surface area contributed by atoms with Crippen LogP contribution in [0.4, 0.5) is 0 Å². The van der Waals surface area contributed by atoms with Gasteiger partial charge in [-0.05, 0) is 48.5 Å². The first-order valence-corrected chi connectivity index (χ1v) is 10.5. The van der Waals surface area contributed by atoms with Crippen LogP contribution >= 0.6 is 0 Å². The number of aromatic amines is 1. The number of nitrogens with one attached hydrogen (secondary N) is 1. The Balaban J connectivity index is 1.21. The van der Waals surface area contributed by atoms with Crippen molar-refractivity contribution in [3.05, 3.63) is 66.2 Å². The van der Waals surface area contributed by atoms with E-state index in [2.05, 4.69) is 15.1 Å². The fourth-order valence-electron chi connectivity index (χ4n) is 3.84. The zero-order valence-electron chi connectivity index (χ0n) is 17.5. The molecule has 2 aromatic heterocycles. The van der Waals surface area contributed by atoms with E-state index in [0.717, 1.165) is 28.6 Å². The average Bonchev–Trinajstić information content (AvgIpc) is 3.53. The molecular formula is C24H24N4O3. The lowest BCUT2D eigenvalue weighted by Gasteiger charge is -2.17. The van der Waals surface area contributed by atoms with Gasteiger partial charge in [0.25, 0.3) is 5.91 Å². The zero-order valence-corrected chi connectivity index (χ0v) is 17.5. The van der Waals surface area contributed by atoms with Gasteiger partial charge >= 0.3 is 0 Å². The topological polar surface area (TPSA) is 84.2 Å². The first-order chi connectivity index (χ1) is 15.1. The second kappa shape index (κ2) is 7.91. The Morgan fingerprint density at radius 3 is 2.81 bits per heavy atom. The summed E-state index contributed by atoms with van der Waals surface area (Å²) < 4.78 is 11.4. The molecule has 1 aliphatic rings. The molecule has 0 spiro atoms. The Hall–Kier alpha value is -3.61. The molecule has 1 amide bonds. The molecule has 5 rings (SSSR count). The number of rotatable bonds is 5. The van der Waals surface area contributed by atoms with Gasteiger partial charge in [-0.2, -0.15) is 4.98 Å². The highest BCUT2D eigenvalue weighted by atomic mass is 16.5. The van der Waals surface area contributed by atoms with Crippen molar-refractivity contribution < 1.29 is 14.1 Å². The highest BCUT2D eigenvalue weighted by Gasteiger charge is 2.28. The summed E-state index contributed by atoms with van der Waals surface area (Å²) in [6.45, 7) is 5.30. The molecule has 1 unspecified atom stereocenters. The van der Waals surface area contributed by atoms with Gasteiger partial charge in [-0.25, -0.2) is 0 Å². The van der Waals surface area contributed by atoms with Crippen molar-refractivity contribution in [1.29, 1.82) is 0 Å². The lowest BCUT2D eigenvalue weighted by Crippen LogP contribution is -2.30. The molecule has 31 heavy (non-hydrogen) atoms. The van der Waals surface area contributed by atoms with E-state index >= 15 is 0 Å². The molecule has 158 valence electrons. The SMILES string of the molecule is CC(C)c1nc(-c2ccc(OC3CCN(C(=O)c4ccc5[nH]ccc5c4)C3)cc2)no1. The quantitative estimate of drug-likeness (QED) is 0.513. The molecule has 2 aromatic carbocycles. The summed E-state index contributed by atoms with van der Waals surface area (Å²) in [6.07, 6.45) is 2.66. The minimum Gasteiger partial charge on any atom is -0.489 e. The van der Waals surface area contributed by atoms with Gasteiger partial charge in [-0.15, -0.1) is 0 Å². The molecule has 4 aromatic rings. The van der Waals surface area contributed by atoms with E-state index in [1.165, 1.54) is 0 Å². The van der Waals surface area contributed by atoms with Gasteiger partial charge in [0.2, 0.25) is 11.7 Å². The van der Waals surface area contributed by atoms with Crippen molar-refractivity contribution in [3.8, 4) is 17.1 Å². The number of H-pyrrole nitrogens is 1. The molecule has 1 N–H and O–H groups in total. The summed E-state index contributed by atoms with van der Waals surface area (Å²) in [5, 5.41) is 5.08. The number of hydrogen-bond acceptors (Lipinski definition) is 5. The van der Waals surface area contributed by atoms with Crippen LogP contribution in [0.25, 0.3) is 22.3 Å². The normalized spacial score (nSPS) is 16.4. The van der Waals surface area contributed by atoms with Crippen molar-refractivity contribution in [2.75, 3.05) is 13.1 Å². The summed E-state index contributed by atoms with van der Waals surface area (Å²) in [5.41, 5.74) is 2.62. The van der Waals surface area contributed by atoms with Gasteiger partial charge in [0, 0.05) is 47.1 Å². The van der Waals surface area contributed by atoms with Crippen LogP contribution < -0.4 is 4.74 Å². The predicted octanol–water partition coefficient (Wildman–Crippen LogP) is 4.63. The van der Waals surface area contributed by atoms with E-state index in [-0.39, 0.29) is 17.9 Å². The Morgan fingerprint density at radius 2 is 2.03 bits per heavy atom. The number of carbonyl (C=O) groups excluding carboxylic acids is 1. The molecule has 7 heteroatoms. The zero-order chi connectivity index (χ0) is 21.4. The fraction of sp³-hybridized carbons (Fsp3) is 0.292. The number of carbonyl (C=O) groups is 1. The van der Waals surface area contributed by atoms with Crippen LogP contribution in [0, 0.1) is 0 Å². The summed E-state index contributed by atoms with van der Waals surface area (Å²) in [5.74, 6) is 2.21. The van der Waals surface area contributed by atoms with E-state index in [9.17, 15) is 4.79 Å². The van der Waals surface area contributed by atoms with Crippen molar-refractivity contribution in [2.24, 2.45) is 0 Å². The second-order valence-corrected chi connectivity index (χ2v) is 8.19. The van der Waals surface area contributed by atoms with E-state index < -0.39 is 0 Å². The van der Waals surface area contributed by atoms with E-state index in [4.69, 9.17) is 9.26 Å². The van der Waals surface area contributed by atoms with Crippen LogP contribution in [0.3, 0.4) is 0 Å². The molecule has 0 radical (unpaired) electrons. The first kappa shape index (κ1) is 19.4. The summed E-state index contributed by atoms with van der Waals surface area (Å²) in [6, 6.07) is 15.4. The van der Waals surface area contributed by atoms with E-state index in [1.54, 1.807) is 0 Å². The number of hydrogen-bond donors (Lipinski definition) is 1. The van der Waals surface area contributed by atoms with Crippen LogP contribution in [0.15, 0.2) is 59.3 Å². The molecule has 1 atom stereocenters. The monoisotopic (exact) mass is 416 g/mol. The highest BCUT2D eigenvalue weighted by molar-refractivity contribution is 5.98. The van der Waals surface area contributed by atoms with Gasteiger partial charge in [-0.3, -0.25) is 4.79 Å². The molecular weight excluding hydrogens is 392 g/mol. The average molecular weight is 416 g/mol. The molecule has 0 saturated carbocycles. The minimum absolute atomic E-state index is 0.0245. The second-order valence-electron chi connectivity index (χ2n) is 8.19. The van der Waals surface area contributed by atoms with Crippen molar-refractivity contribution >= 4 is 16.8 Å². The van der Waals surface area contributed by atoms with Crippen LogP contribution in [0.5, 0.6) is 5.75 Å². The third kappa shape index (κ3) is 3.91. The van der Waals surface area contributed by atoms with Crippen LogP contribution in [-0.2, 0) is 0 Å². The maximum atomic E-state index is 12.9. The van der Waals surface area contributed by atoms with E-state index in [1.807, 2.05) is 73.5 Å². The highest BCUT2D eigenvalue weighted by Crippen LogP contribution is 2.25. The fourth-order valence-corrected chi connectivity index (χ4v) is 3.84. The van der Waals surface area contributed by atoms with Crippen LogP contribution in [0.1, 0.15) is 42.4 Å². The number of nitrogens with zero attached hydrogens (tertiary/aromatic N) is 3. The Kier molecular flexibility index (Phi) is 4.94. The van der Waals surface area contributed by atoms with Gasteiger partial charge in [-0.1, -0.05) is 19.0 Å². The summed E-state index contributed by atoms with van der Waals surface area (Å²) >= 11 is 0. The van der Waals surface area contributed by atoms with Gasteiger partial charge < -0.3 is 19.1 Å². The molecule has 7 nitrogen and oxygen atoms in total. The number of benzene rings is 2. The standard InChI is InChI=1S/C24H24N4O3/c1-15(2)23-26-22(27-31-23)16-3-6-19(7-4-16)30-20-10-12-28(14-20)24(29)18-5-8-21-17(13-18)9-11-25-21/h3-9,11,13,15,20,25H,10,12,14H2,1-2H3. The van der Waals surface area contributed by atoms with Crippen LogP contribution in [0.2, 0.25) is 0 Å². The number of fused-ring (bicyclic) bond motifs is 1. The lowest BCUT2D eigenvalue weighted by atomic mass is 10.1. The predicted molar refractivity (Wildman–Crippen MR) is 117 cm³/mol. The Labute approximate surface area is 180 Å². The van der Waals surface area contributed by atoms with Crippen molar-refractivity contribution in [2.45, 2.75) is 32.3 Å². The number of ether oxygens (including phenoxy) is 1. The number of amides is 1. The first-order valence-electron chi connectivity index (χ1n) is 10.5. The number of aromatic nitrogens is 3. The Bertz CT molecular complexity index is 1210. The molecule has 1 aliphatic heterocycles. The molecule has 3 heterocycles. The largest absolute Gasteiger partial charge is 0.489 e. The molecule has 0 bridgehead atoms. The van der Waals surface area contributed by atoms with Gasteiger partial charge in [0.15, 0.2) is 0 Å². The van der Waals surface area contributed by atoms with Crippen molar-refractivity contribution in [1.82, 2.24) is 20.0 Å². The third-order valence-electron chi connectivity index (χ3n) is 5.58. The summed E-state index contributed by atoms with van der Waals surface area (Å²) in [7, 11) is 0. The maximum absolute atomic E-state index is 12.9. The van der Waals surface area contributed by atoms with E-state index in [0.29, 0.717) is 30.4 Å².